The molecule has 24 heavy (non-hydrogen) atoms. The van der Waals surface area contributed by atoms with Gasteiger partial charge in [-0.1, -0.05) is 0 Å². The molecule has 128 valence electrons. The molecule has 0 aromatic carbocycles. The van der Waals surface area contributed by atoms with Gasteiger partial charge in [-0.2, -0.15) is 13.2 Å². The molecule has 0 saturated carbocycles. The van der Waals surface area contributed by atoms with Gasteiger partial charge in [-0.3, -0.25) is 14.8 Å². The number of hydrogen-bond acceptors (Lipinski definition) is 5. The minimum Gasteiger partial charge on any atom is -0.354 e. The van der Waals surface area contributed by atoms with Gasteiger partial charge >= 0.3 is 11.9 Å². The van der Waals surface area contributed by atoms with Crippen molar-refractivity contribution >= 4 is 11.6 Å². The number of aromatic nitrogens is 3. The Labute approximate surface area is 133 Å². The van der Waals surface area contributed by atoms with Gasteiger partial charge < -0.3 is 9.80 Å². The van der Waals surface area contributed by atoms with E-state index < -0.39 is 23.0 Å². The largest absolute Gasteiger partial charge is 0.417 e. The topological polar surface area (TPSA) is 85.1 Å². The van der Waals surface area contributed by atoms with E-state index >= 15 is 0 Å². The van der Waals surface area contributed by atoms with Crippen molar-refractivity contribution in [3.63, 3.8) is 0 Å². The second-order valence-corrected chi connectivity index (χ2v) is 5.35. The first-order valence-electron chi connectivity index (χ1n) is 7.20. The van der Waals surface area contributed by atoms with Crippen LogP contribution < -0.4 is 21.0 Å². The van der Waals surface area contributed by atoms with Crippen LogP contribution in [0.25, 0.3) is 0 Å². The van der Waals surface area contributed by atoms with Gasteiger partial charge in [0.25, 0.3) is 5.56 Å². The van der Waals surface area contributed by atoms with E-state index in [1.807, 2.05) is 9.80 Å². The monoisotopic (exact) mass is 341 g/mol. The highest BCUT2D eigenvalue weighted by Gasteiger charge is 2.31. The van der Waals surface area contributed by atoms with Gasteiger partial charge in [0.1, 0.15) is 11.6 Å². The summed E-state index contributed by atoms with van der Waals surface area (Å²) in [5, 5.41) is 0. The molecule has 0 spiro atoms. The molecule has 0 amide bonds. The standard InChI is InChI=1S/C14H14F3N5O2/c15-14(16,17)9-1-2-10(18-8-9)21-3-5-22(6-4-21)11-7-12(23)20-13(24)19-11/h1-2,7-8H,3-6H2,(H2,19,20,23,24). The van der Waals surface area contributed by atoms with E-state index in [1.54, 1.807) is 0 Å². The molecule has 1 saturated heterocycles. The average Bonchev–Trinajstić information content (AvgIpc) is 2.53. The van der Waals surface area contributed by atoms with E-state index in [0.29, 0.717) is 37.8 Å². The summed E-state index contributed by atoms with van der Waals surface area (Å²) in [5.41, 5.74) is -1.85. The van der Waals surface area contributed by atoms with E-state index in [4.69, 9.17) is 0 Å². The maximum atomic E-state index is 12.5. The molecule has 0 radical (unpaired) electrons. The number of hydrogen-bond donors (Lipinski definition) is 2. The lowest BCUT2D eigenvalue weighted by atomic mass is 10.2. The van der Waals surface area contributed by atoms with Crippen molar-refractivity contribution in [3.8, 4) is 0 Å². The van der Waals surface area contributed by atoms with E-state index in [0.717, 1.165) is 12.3 Å². The lowest BCUT2D eigenvalue weighted by Gasteiger charge is -2.36. The van der Waals surface area contributed by atoms with Crippen LogP contribution in [-0.2, 0) is 6.18 Å². The summed E-state index contributed by atoms with van der Waals surface area (Å²) in [5.74, 6) is 0.880. The van der Waals surface area contributed by atoms with Gasteiger partial charge in [0.15, 0.2) is 0 Å². The van der Waals surface area contributed by atoms with Crippen molar-refractivity contribution < 1.29 is 13.2 Å². The Hall–Kier alpha value is -2.78. The van der Waals surface area contributed by atoms with Crippen molar-refractivity contribution in [2.24, 2.45) is 0 Å². The van der Waals surface area contributed by atoms with Crippen molar-refractivity contribution in [3.05, 3.63) is 50.8 Å². The zero-order chi connectivity index (χ0) is 17.3. The SMILES string of the molecule is O=c1cc(N2CCN(c3ccc(C(F)(F)F)cn3)CC2)[nH]c(=O)[nH]1. The molecule has 3 heterocycles. The number of nitrogens with zero attached hydrogens (tertiary/aromatic N) is 3. The molecule has 2 aromatic rings. The molecule has 7 nitrogen and oxygen atoms in total. The Balaban J connectivity index is 1.68. The van der Waals surface area contributed by atoms with Crippen LogP contribution in [0.2, 0.25) is 0 Å². The van der Waals surface area contributed by atoms with Gasteiger partial charge in [0.2, 0.25) is 0 Å². The normalized spacial score (nSPS) is 15.6. The number of pyridine rings is 1. The molecular weight excluding hydrogens is 327 g/mol. The van der Waals surface area contributed by atoms with E-state index in [1.165, 1.54) is 12.1 Å². The maximum absolute atomic E-state index is 12.5. The second-order valence-electron chi connectivity index (χ2n) is 5.35. The molecule has 1 aliphatic rings. The fourth-order valence-electron chi connectivity index (χ4n) is 2.54. The minimum atomic E-state index is -4.41. The molecule has 3 rings (SSSR count). The van der Waals surface area contributed by atoms with E-state index in [-0.39, 0.29) is 0 Å². The summed E-state index contributed by atoms with van der Waals surface area (Å²) in [6, 6.07) is 3.64. The number of alkyl halides is 3. The van der Waals surface area contributed by atoms with Gasteiger partial charge in [-0.25, -0.2) is 9.78 Å². The minimum absolute atomic E-state index is 0.420. The number of halogens is 3. The van der Waals surface area contributed by atoms with Crippen molar-refractivity contribution in [2.75, 3.05) is 36.0 Å². The highest BCUT2D eigenvalue weighted by Crippen LogP contribution is 2.29. The maximum Gasteiger partial charge on any atom is 0.417 e. The third-order valence-corrected chi connectivity index (χ3v) is 3.77. The van der Waals surface area contributed by atoms with Crippen LogP contribution in [0.15, 0.2) is 34.0 Å². The predicted molar refractivity (Wildman–Crippen MR) is 81.3 cm³/mol. The first kappa shape index (κ1) is 16.1. The Kier molecular flexibility index (Phi) is 4.04. The molecule has 0 aliphatic carbocycles. The molecule has 1 aliphatic heterocycles. The summed E-state index contributed by atoms with van der Waals surface area (Å²) in [6.45, 7) is 2.02. The fraction of sp³-hybridized carbons (Fsp3) is 0.357. The number of aromatic amines is 2. The third kappa shape index (κ3) is 3.42. The smallest absolute Gasteiger partial charge is 0.354 e. The van der Waals surface area contributed by atoms with Crippen molar-refractivity contribution in [1.29, 1.82) is 0 Å². The predicted octanol–water partition coefficient (Wildman–Crippen LogP) is 0.804. The lowest BCUT2D eigenvalue weighted by molar-refractivity contribution is -0.137. The highest BCUT2D eigenvalue weighted by molar-refractivity contribution is 5.44. The van der Waals surface area contributed by atoms with Crippen molar-refractivity contribution in [2.45, 2.75) is 6.18 Å². The van der Waals surface area contributed by atoms with Crippen LogP contribution >= 0.6 is 0 Å². The zero-order valence-corrected chi connectivity index (χ0v) is 12.4. The van der Waals surface area contributed by atoms with E-state index in [9.17, 15) is 22.8 Å². The average molecular weight is 341 g/mol. The summed E-state index contributed by atoms with van der Waals surface area (Å²) in [7, 11) is 0. The van der Waals surface area contributed by atoms with Gasteiger partial charge in [0, 0.05) is 38.4 Å². The molecule has 2 N–H and O–H groups in total. The third-order valence-electron chi connectivity index (χ3n) is 3.77. The van der Waals surface area contributed by atoms with Crippen molar-refractivity contribution in [1.82, 2.24) is 15.0 Å². The van der Waals surface area contributed by atoms with Gasteiger partial charge in [0.05, 0.1) is 5.56 Å². The van der Waals surface area contributed by atoms with Gasteiger partial charge in [-0.05, 0) is 12.1 Å². The molecule has 2 aromatic heterocycles. The Morgan fingerprint density at radius 3 is 2.21 bits per heavy atom. The Morgan fingerprint density at radius 2 is 1.67 bits per heavy atom. The molecule has 1 fully saturated rings. The number of nitrogens with one attached hydrogen (secondary N) is 2. The number of anilines is 2. The van der Waals surface area contributed by atoms with Gasteiger partial charge in [-0.15, -0.1) is 0 Å². The van der Waals surface area contributed by atoms with Crippen LogP contribution in [0.4, 0.5) is 24.8 Å². The van der Waals surface area contributed by atoms with E-state index in [2.05, 4.69) is 15.0 Å². The lowest BCUT2D eigenvalue weighted by Crippen LogP contribution is -2.47. The summed E-state index contributed by atoms with van der Waals surface area (Å²) >= 11 is 0. The summed E-state index contributed by atoms with van der Waals surface area (Å²) < 4.78 is 37.6. The zero-order valence-electron chi connectivity index (χ0n) is 12.4. The number of piperazine rings is 1. The number of H-pyrrole nitrogens is 2. The summed E-state index contributed by atoms with van der Waals surface area (Å²) in [6.07, 6.45) is -3.59. The Bertz CT molecular complexity index is 792. The van der Waals surface area contributed by atoms with Crippen LogP contribution in [-0.4, -0.2) is 41.1 Å². The first-order valence-corrected chi connectivity index (χ1v) is 7.20. The second kappa shape index (κ2) is 6.02. The molecule has 0 atom stereocenters. The summed E-state index contributed by atoms with van der Waals surface area (Å²) in [4.78, 5) is 34.8. The molecular formula is C14H14F3N5O2. The first-order chi connectivity index (χ1) is 11.3. The quantitative estimate of drug-likeness (QED) is 0.844. The fourth-order valence-corrected chi connectivity index (χ4v) is 2.54. The Morgan fingerprint density at radius 1 is 1.00 bits per heavy atom. The molecule has 0 unspecified atom stereocenters. The molecule has 0 bridgehead atoms. The molecule has 10 heteroatoms. The number of rotatable bonds is 2. The highest BCUT2D eigenvalue weighted by atomic mass is 19.4. The van der Waals surface area contributed by atoms with Crippen LogP contribution in [0.1, 0.15) is 5.56 Å². The van der Waals surface area contributed by atoms with Crippen LogP contribution in [0, 0.1) is 0 Å². The van der Waals surface area contributed by atoms with Crippen LogP contribution in [0.5, 0.6) is 0 Å². The van der Waals surface area contributed by atoms with Crippen LogP contribution in [0.3, 0.4) is 0 Å².